The Balaban J connectivity index is 4.70. The van der Waals surface area contributed by atoms with Crippen molar-refractivity contribution in [3.8, 4) is 0 Å². The maximum absolute atomic E-state index is 11.8. The molecule has 9 heteroatoms. The minimum Gasteiger partial charge on any atom is -0.480 e. The molecule has 122 valence electrons. The van der Waals surface area contributed by atoms with Crippen molar-refractivity contribution in [2.75, 3.05) is 11.5 Å². The van der Waals surface area contributed by atoms with Gasteiger partial charge in [-0.15, -0.1) is 0 Å². The lowest BCUT2D eigenvalue weighted by Gasteiger charge is -2.16. The number of carbonyl (C=O) groups excluding carboxylic acids is 2. The van der Waals surface area contributed by atoms with Gasteiger partial charge in [0.1, 0.15) is 11.8 Å². The van der Waals surface area contributed by atoms with E-state index >= 15 is 0 Å². The van der Waals surface area contributed by atoms with E-state index in [2.05, 4.69) is 5.32 Å². The van der Waals surface area contributed by atoms with Crippen LogP contribution in [0.5, 0.6) is 0 Å². The fourth-order valence-electron chi connectivity index (χ4n) is 1.69. The van der Waals surface area contributed by atoms with E-state index in [1.807, 2.05) is 19.2 Å². The van der Waals surface area contributed by atoms with Gasteiger partial charge in [-0.25, -0.2) is 13.2 Å². The Labute approximate surface area is 124 Å². The molecule has 0 aliphatic carbocycles. The van der Waals surface area contributed by atoms with Crippen molar-refractivity contribution < 1.29 is 27.9 Å². The zero-order valence-corrected chi connectivity index (χ0v) is 13.2. The largest absolute Gasteiger partial charge is 0.480 e. The summed E-state index contributed by atoms with van der Waals surface area (Å²) < 4.78 is 23.6. The fraction of sp³-hybridized carbons (Fsp3) is 0.750. The predicted octanol–water partition coefficient (Wildman–Crippen LogP) is -0.705. The summed E-state index contributed by atoms with van der Waals surface area (Å²) >= 11 is 0. The van der Waals surface area contributed by atoms with Gasteiger partial charge < -0.3 is 15.7 Å². The highest BCUT2D eigenvalue weighted by atomic mass is 32.2. The second kappa shape index (κ2) is 8.60. The normalized spacial score (nSPS) is 12.8. The molecule has 1 atom stereocenters. The van der Waals surface area contributed by atoms with Crippen LogP contribution in [-0.2, 0) is 24.2 Å². The quantitative estimate of drug-likeness (QED) is 0.514. The molecule has 0 rings (SSSR count). The number of hydrogen-bond donors (Lipinski definition) is 3. The van der Waals surface area contributed by atoms with E-state index in [4.69, 9.17) is 5.11 Å². The van der Waals surface area contributed by atoms with Crippen molar-refractivity contribution in [3.63, 3.8) is 0 Å². The average molecular weight is 322 g/mol. The molecule has 2 amide bonds. The first-order valence-electron chi connectivity index (χ1n) is 6.61. The molecule has 3 N–H and O–H groups in total. The van der Waals surface area contributed by atoms with Crippen LogP contribution < -0.4 is 10.6 Å². The second-order valence-electron chi connectivity index (χ2n) is 4.73. The van der Waals surface area contributed by atoms with Gasteiger partial charge in [0, 0.05) is 13.0 Å². The van der Waals surface area contributed by atoms with Crippen molar-refractivity contribution in [2.45, 2.75) is 45.7 Å². The number of carboxylic acids is 1. The molecule has 0 aromatic rings. The number of rotatable bonds is 9. The third kappa shape index (κ3) is 8.28. The lowest BCUT2D eigenvalue weighted by Crippen LogP contribution is -2.46. The van der Waals surface area contributed by atoms with Crippen LogP contribution in [-0.4, -0.2) is 54.9 Å². The van der Waals surface area contributed by atoms with Gasteiger partial charge in [0.05, 0.1) is 5.75 Å². The second-order valence-corrected chi connectivity index (χ2v) is 6.84. The minimum atomic E-state index is -3.94. The molecule has 0 bridgehead atoms. The Kier molecular flexibility index (Phi) is 7.93. The van der Waals surface area contributed by atoms with Crippen molar-refractivity contribution in [1.82, 2.24) is 10.6 Å². The maximum atomic E-state index is 11.8. The number of carbonyl (C=O) groups is 3. The van der Waals surface area contributed by atoms with Crippen LogP contribution in [0.2, 0.25) is 0 Å². The molecule has 0 heterocycles. The van der Waals surface area contributed by atoms with Crippen LogP contribution in [0.3, 0.4) is 0 Å². The van der Waals surface area contributed by atoms with E-state index in [0.717, 1.165) is 6.92 Å². The molecule has 8 nitrogen and oxygen atoms in total. The zero-order chi connectivity index (χ0) is 16.6. The Morgan fingerprint density at radius 3 is 2.00 bits per heavy atom. The summed E-state index contributed by atoms with van der Waals surface area (Å²) in [5.74, 6) is -4.41. The van der Waals surface area contributed by atoms with Crippen molar-refractivity contribution in [3.05, 3.63) is 0 Å². The standard InChI is InChI=1S/C12H22N2O6S/c1-4-9(5-2)14-11(16)7-21(19,20)6-10(12(17)18)13-8(3)15/h9-10H,4-7H2,1-3H3,(H,13,15)(H,14,16)(H,17,18). The van der Waals surface area contributed by atoms with E-state index in [9.17, 15) is 22.8 Å². The minimum absolute atomic E-state index is 0.113. The highest BCUT2D eigenvalue weighted by Crippen LogP contribution is 2.00. The number of aliphatic carboxylic acids is 1. The topological polar surface area (TPSA) is 130 Å². The monoisotopic (exact) mass is 322 g/mol. The summed E-state index contributed by atoms with van der Waals surface area (Å²) in [5.41, 5.74) is 0. The highest BCUT2D eigenvalue weighted by Gasteiger charge is 2.28. The average Bonchev–Trinajstić information content (AvgIpc) is 2.33. The molecule has 0 saturated heterocycles. The number of amides is 2. The molecule has 0 spiro atoms. The number of sulfone groups is 1. The van der Waals surface area contributed by atoms with Crippen LogP contribution >= 0.6 is 0 Å². The van der Waals surface area contributed by atoms with Gasteiger partial charge >= 0.3 is 5.97 Å². The summed E-state index contributed by atoms with van der Waals surface area (Å²) in [6.07, 6.45) is 1.35. The maximum Gasteiger partial charge on any atom is 0.327 e. The highest BCUT2D eigenvalue weighted by molar-refractivity contribution is 7.92. The Morgan fingerprint density at radius 1 is 1.10 bits per heavy atom. The van der Waals surface area contributed by atoms with Crippen molar-refractivity contribution >= 4 is 27.6 Å². The van der Waals surface area contributed by atoms with Gasteiger partial charge in [-0.3, -0.25) is 9.59 Å². The Hall–Kier alpha value is -1.64. The summed E-state index contributed by atoms with van der Waals surface area (Å²) in [6.45, 7) is 4.81. The third-order valence-electron chi connectivity index (χ3n) is 2.80. The molecule has 0 saturated carbocycles. The zero-order valence-electron chi connectivity index (χ0n) is 12.4. The molecular formula is C12H22N2O6S. The van der Waals surface area contributed by atoms with Gasteiger partial charge in [0.25, 0.3) is 0 Å². The smallest absolute Gasteiger partial charge is 0.327 e. The van der Waals surface area contributed by atoms with E-state index in [-0.39, 0.29) is 6.04 Å². The Morgan fingerprint density at radius 2 is 1.62 bits per heavy atom. The molecule has 1 unspecified atom stereocenters. The first-order chi connectivity index (χ1) is 9.61. The van der Waals surface area contributed by atoms with Crippen LogP contribution in [0.4, 0.5) is 0 Å². The van der Waals surface area contributed by atoms with Crippen LogP contribution in [0.15, 0.2) is 0 Å². The van der Waals surface area contributed by atoms with Crippen LogP contribution in [0, 0.1) is 0 Å². The lowest BCUT2D eigenvalue weighted by molar-refractivity contribution is -0.140. The van der Waals surface area contributed by atoms with Gasteiger partial charge in [-0.05, 0) is 12.8 Å². The number of hydrogen-bond acceptors (Lipinski definition) is 5. The predicted molar refractivity (Wildman–Crippen MR) is 76.4 cm³/mol. The summed E-state index contributed by atoms with van der Waals surface area (Å²) in [5, 5.41) is 13.4. The summed E-state index contributed by atoms with van der Waals surface area (Å²) in [6, 6.07) is -1.67. The number of carboxylic acid groups (broad SMARTS) is 1. The SMILES string of the molecule is CCC(CC)NC(=O)CS(=O)(=O)CC(NC(C)=O)C(=O)O. The number of nitrogens with one attached hydrogen (secondary N) is 2. The lowest BCUT2D eigenvalue weighted by atomic mass is 10.2. The van der Waals surface area contributed by atoms with E-state index in [1.165, 1.54) is 0 Å². The molecular weight excluding hydrogens is 300 g/mol. The third-order valence-corrected chi connectivity index (χ3v) is 4.34. The summed E-state index contributed by atoms with van der Waals surface area (Å²) in [4.78, 5) is 33.4. The van der Waals surface area contributed by atoms with Crippen LogP contribution in [0.1, 0.15) is 33.6 Å². The molecule has 21 heavy (non-hydrogen) atoms. The summed E-state index contributed by atoms with van der Waals surface area (Å²) in [7, 11) is -3.94. The van der Waals surface area contributed by atoms with E-state index in [0.29, 0.717) is 12.8 Å². The van der Waals surface area contributed by atoms with Gasteiger partial charge in [-0.2, -0.15) is 0 Å². The first kappa shape index (κ1) is 19.4. The fourth-order valence-corrected chi connectivity index (χ4v) is 3.03. The van der Waals surface area contributed by atoms with Gasteiger partial charge in [-0.1, -0.05) is 13.8 Å². The molecule has 0 aromatic heterocycles. The first-order valence-corrected chi connectivity index (χ1v) is 8.43. The van der Waals surface area contributed by atoms with Crippen molar-refractivity contribution in [1.29, 1.82) is 0 Å². The Bertz CT molecular complexity index is 484. The van der Waals surface area contributed by atoms with Gasteiger partial charge in [0.15, 0.2) is 9.84 Å². The molecule has 0 aliphatic rings. The molecule has 0 radical (unpaired) electrons. The van der Waals surface area contributed by atoms with Crippen molar-refractivity contribution in [2.24, 2.45) is 0 Å². The van der Waals surface area contributed by atoms with Crippen LogP contribution in [0.25, 0.3) is 0 Å². The van der Waals surface area contributed by atoms with E-state index in [1.54, 1.807) is 0 Å². The molecule has 0 aromatic carbocycles. The van der Waals surface area contributed by atoms with E-state index < -0.39 is 45.2 Å². The molecule has 0 fully saturated rings. The molecule has 0 aliphatic heterocycles. The van der Waals surface area contributed by atoms with Gasteiger partial charge in [0.2, 0.25) is 11.8 Å².